The van der Waals surface area contributed by atoms with E-state index in [0.29, 0.717) is 25.4 Å². The highest BCUT2D eigenvalue weighted by molar-refractivity contribution is 5.86. The fourth-order valence-corrected chi connectivity index (χ4v) is 3.12. The average Bonchev–Trinajstić information content (AvgIpc) is 3.22. The maximum absolute atomic E-state index is 12.4. The number of hydrogen-bond acceptors (Lipinski definition) is 5. The summed E-state index contributed by atoms with van der Waals surface area (Å²) >= 11 is 0. The number of carbonyl (C=O) groups is 2. The molecule has 8 heteroatoms. The Labute approximate surface area is 163 Å². The summed E-state index contributed by atoms with van der Waals surface area (Å²) in [5.74, 6) is 0.370. The van der Waals surface area contributed by atoms with Gasteiger partial charge in [-0.05, 0) is 43.5 Å². The molecule has 8 nitrogen and oxygen atoms in total. The van der Waals surface area contributed by atoms with Crippen molar-refractivity contribution in [3.8, 4) is 11.5 Å². The van der Waals surface area contributed by atoms with Crippen LogP contribution >= 0.6 is 0 Å². The van der Waals surface area contributed by atoms with Crippen LogP contribution in [0.15, 0.2) is 36.7 Å². The van der Waals surface area contributed by atoms with Crippen LogP contribution in [0.3, 0.4) is 0 Å². The largest absolute Gasteiger partial charge is 0.494 e. The zero-order chi connectivity index (χ0) is 19.9. The highest BCUT2D eigenvalue weighted by Gasteiger charge is 2.25. The monoisotopic (exact) mass is 387 g/mol. The normalized spacial score (nSPS) is 14.7. The van der Waals surface area contributed by atoms with Gasteiger partial charge in [-0.15, -0.1) is 0 Å². The van der Waals surface area contributed by atoms with Gasteiger partial charge in [0.25, 0.3) is 5.91 Å². The Morgan fingerprint density at radius 1 is 1.14 bits per heavy atom. The Balaban J connectivity index is 1.44. The maximum Gasteiger partial charge on any atom is 0.338 e. The molecule has 28 heavy (non-hydrogen) atoms. The first-order valence-electron chi connectivity index (χ1n) is 9.47. The minimum atomic E-state index is -0.985. The molecule has 2 aromatic rings. The molecule has 2 heterocycles. The summed E-state index contributed by atoms with van der Waals surface area (Å²) in [6.07, 6.45) is 5.31. The van der Waals surface area contributed by atoms with Crippen molar-refractivity contribution in [1.82, 2.24) is 14.7 Å². The third-order valence-corrected chi connectivity index (χ3v) is 4.70. The van der Waals surface area contributed by atoms with Crippen LogP contribution in [0.1, 0.15) is 42.6 Å². The number of hydrogen-bond donors (Lipinski definition) is 1. The highest BCUT2D eigenvalue weighted by Crippen LogP contribution is 2.23. The van der Waals surface area contributed by atoms with Gasteiger partial charge in [0.15, 0.2) is 6.61 Å². The van der Waals surface area contributed by atoms with Gasteiger partial charge in [-0.3, -0.25) is 9.48 Å². The van der Waals surface area contributed by atoms with Crippen molar-refractivity contribution in [3.63, 3.8) is 0 Å². The second kappa shape index (κ2) is 9.25. The quantitative estimate of drug-likeness (QED) is 0.748. The number of piperidine rings is 1. The number of nitrogens with zero attached hydrogens (tertiary/aromatic N) is 3. The van der Waals surface area contributed by atoms with Gasteiger partial charge in [-0.2, -0.15) is 5.10 Å². The number of rotatable bonds is 8. The lowest BCUT2D eigenvalue weighted by Gasteiger charge is -2.32. The number of amides is 1. The van der Waals surface area contributed by atoms with Crippen molar-refractivity contribution >= 4 is 11.9 Å². The molecule has 1 N–H and O–H groups in total. The SMILES string of the molecule is CCCOc1ccc(OCC(=O)N2CCC(n3cc(C(=O)O)cn3)CC2)cc1. The standard InChI is InChI=1S/C20H25N3O5/c1-2-11-27-17-3-5-18(6-4-17)28-14-19(24)22-9-7-16(8-10-22)23-13-15(12-21-23)20(25)26/h3-6,12-13,16H,2,7-11,14H2,1H3,(H,25,26). The van der Waals surface area contributed by atoms with Crippen molar-refractivity contribution in [2.75, 3.05) is 26.3 Å². The lowest BCUT2D eigenvalue weighted by atomic mass is 10.1. The summed E-state index contributed by atoms with van der Waals surface area (Å²) in [6, 6.07) is 7.35. The molecule has 1 saturated heterocycles. The summed E-state index contributed by atoms with van der Waals surface area (Å²) in [5.41, 5.74) is 0.179. The van der Waals surface area contributed by atoms with E-state index in [2.05, 4.69) is 5.10 Å². The van der Waals surface area contributed by atoms with Crippen LogP contribution < -0.4 is 9.47 Å². The van der Waals surface area contributed by atoms with Gasteiger partial charge in [0.1, 0.15) is 11.5 Å². The van der Waals surface area contributed by atoms with Crippen LogP contribution in [0.5, 0.6) is 11.5 Å². The van der Waals surface area contributed by atoms with Crippen molar-refractivity contribution in [2.45, 2.75) is 32.2 Å². The lowest BCUT2D eigenvalue weighted by molar-refractivity contribution is -0.134. The molecule has 1 aliphatic rings. The number of aromatic carboxylic acids is 1. The molecule has 0 radical (unpaired) electrons. The topological polar surface area (TPSA) is 93.9 Å². The summed E-state index contributed by atoms with van der Waals surface area (Å²) in [5, 5.41) is 13.1. The zero-order valence-electron chi connectivity index (χ0n) is 15.9. The van der Waals surface area contributed by atoms with E-state index in [1.165, 1.54) is 6.20 Å². The van der Waals surface area contributed by atoms with Gasteiger partial charge < -0.3 is 19.5 Å². The van der Waals surface area contributed by atoms with Crippen molar-refractivity contribution < 1.29 is 24.2 Å². The van der Waals surface area contributed by atoms with E-state index in [1.807, 2.05) is 19.1 Å². The first kappa shape index (κ1) is 19.7. The number of carbonyl (C=O) groups excluding carboxylic acids is 1. The highest BCUT2D eigenvalue weighted by atomic mass is 16.5. The Bertz CT molecular complexity index is 794. The van der Waals surface area contributed by atoms with E-state index in [9.17, 15) is 9.59 Å². The van der Waals surface area contributed by atoms with Crippen LogP contribution in [-0.2, 0) is 4.79 Å². The molecule has 0 spiro atoms. The van der Waals surface area contributed by atoms with Crippen LogP contribution in [-0.4, -0.2) is 58.0 Å². The van der Waals surface area contributed by atoms with Crippen molar-refractivity contribution in [1.29, 1.82) is 0 Å². The summed E-state index contributed by atoms with van der Waals surface area (Å²) in [4.78, 5) is 25.1. The molecule has 0 bridgehead atoms. The molecule has 0 aliphatic carbocycles. The van der Waals surface area contributed by atoms with Gasteiger partial charge in [0, 0.05) is 19.3 Å². The molecule has 1 amide bonds. The number of aromatic nitrogens is 2. The predicted molar refractivity (Wildman–Crippen MR) is 102 cm³/mol. The second-order valence-electron chi connectivity index (χ2n) is 6.73. The van der Waals surface area contributed by atoms with E-state index >= 15 is 0 Å². The average molecular weight is 387 g/mol. The summed E-state index contributed by atoms with van der Waals surface area (Å²) in [7, 11) is 0. The second-order valence-corrected chi connectivity index (χ2v) is 6.73. The summed E-state index contributed by atoms with van der Waals surface area (Å²) < 4.78 is 12.8. The Kier molecular flexibility index (Phi) is 6.52. The van der Waals surface area contributed by atoms with Crippen LogP contribution in [0.25, 0.3) is 0 Å². The molecule has 3 rings (SSSR count). The molecule has 0 atom stereocenters. The third-order valence-electron chi connectivity index (χ3n) is 4.70. The van der Waals surface area contributed by atoms with Crippen molar-refractivity contribution in [2.24, 2.45) is 0 Å². The smallest absolute Gasteiger partial charge is 0.338 e. The van der Waals surface area contributed by atoms with Gasteiger partial charge in [-0.1, -0.05) is 6.92 Å². The van der Waals surface area contributed by atoms with E-state index in [-0.39, 0.29) is 24.1 Å². The molecule has 0 unspecified atom stereocenters. The first-order chi connectivity index (χ1) is 13.6. The minimum absolute atomic E-state index is 0.00916. The predicted octanol–water partition coefficient (Wildman–Crippen LogP) is 2.61. The van der Waals surface area contributed by atoms with Gasteiger partial charge >= 0.3 is 5.97 Å². The fourth-order valence-electron chi connectivity index (χ4n) is 3.12. The molecule has 0 saturated carbocycles. The first-order valence-corrected chi connectivity index (χ1v) is 9.47. The number of likely N-dealkylation sites (tertiary alicyclic amines) is 1. The van der Waals surface area contributed by atoms with Crippen molar-refractivity contribution in [3.05, 3.63) is 42.2 Å². The van der Waals surface area contributed by atoms with Crippen LogP contribution in [0, 0.1) is 0 Å². The molecule has 1 aromatic heterocycles. The summed E-state index contributed by atoms with van der Waals surface area (Å²) in [6.45, 7) is 3.90. The third kappa shape index (κ3) is 5.03. The number of benzene rings is 1. The van der Waals surface area contributed by atoms with Crippen LogP contribution in [0.4, 0.5) is 0 Å². The number of carboxylic acid groups (broad SMARTS) is 1. The maximum atomic E-state index is 12.4. The minimum Gasteiger partial charge on any atom is -0.494 e. The molecule has 1 aliphatic heterocycles. The Hall–Kier alpha value is -3.03. The van der Waals surface area contributed by atoms with Crippen LogP contribution in [0.2, 0.25) is 0 Å². The molecular weight excluding hydrogens is 362 g/mol. The zero-order valence-corrected chi connectivity index (χ0v) is 15.9. The van der Waals surface area contributed by atoms with Gasteiger partial charge in [-0.25, -0.2) is 4.79 Å². The van der Waals surface area contributed by atoms with E-state index in [4.69, 9.17) is 14.6 Å². The molecular formula is C20H25N3O5. The Morgan fingerprint density at radius 3 is 2.36 bits per heavy atom. The lowest BCUT2D eigenvalue weighted by Crippen LogP contribution is -2.41. The van der Waals surface area contributed by atoms with E-state index in [0.717, 1.165) is 25.0 Å². The van der Waals surface area contributed by atoms with Gasteiger partial charge in [0.05, 0.1) is 24.4 Å². The molecule has 1 fully saturated rings. The molecule has 1 aromatic carbocycles. The van der Waals surface area contributed by atoms with Gasteiger partial charge in [0.2, 0.25) is 0 Å². The van der Waals surface area contributed by atoms with E-state index < -0.39 is 5.97 Å². The number of carboxylic acids is 1. The number of ether oxygens (including phenoxy) is 2. The molecule has 150 valence electrons. The Morgan fingerprint density at radius 2 is 1.79 bits per heavy atom. The fraction of sp³-hybridized carbons (Fsp3) is 0.450. The van der Waals surface area contributed by atoms with E-state index in [1.54, 1.807) is 27.9 Å².